The molecule has 2 heterocycles. The number of nitrogens with two attached hydrogens (primary N) is 1. The monoisotopic (exact) mass is 339 g/mol. The second kappa shape index (κ2) is 4.65. The second-order valence-electron chi connectivity index (χ2n) is 3.20. The summed E-state index contributed by atoms with van der Waals surface area (Å²) in [7, 11) is 0. The van der Waals surface area contributed by atoms with Crippen LogP contribution in [-0.2, 0) is 9.47 Å². The summed E-state index contributed by atoms with van der Waals surface area (Å²) in [6.45, 7) is -0.0441. The van der Waals surface area contributed by atoms with Crippen LogP contribution in [0.4, 0.5) is 5.82 Å². The van der Waals surface area contributed by atoms with Crippen LogP contribution in [0.5, 0.6) is 0 Å². The number of aliphatic hydroxyl groups is 1. The van der Waals surface area contributed by atoms with E-state index in [0.717, 1.165) is 0 Å². The predicted octanol–water partition coefficient (Wildman–Crippen LogP) is -0.706. The predicted molar refractivity (Wildman–Crippen MR) is 62.6 cm³/mol. The van der Waals surface area contributed by atoms with Gasteiger partial charge < -0.3 is 20.3 Å². The van der Waals surface area contributed by atoms with E-state index in [1.807, 2.05) is 22.6 Å². The van der Waals surface area contributed by atoms with E-state index in [0.29, 0.717) is 3.57 Å². The Morgan fingerprint density at radius 3 is 3.12 bits per heavy atom. The molecule has 2 atom stereocenters. The maximum atomic E-state index is 11.5. The normalized spacial score (nSPS) is 24.9. The Morgan fingerprint density at radius 2 is 2.50 bits per heavy atom. The number of rotatable bonds is 2. The van der Waals surface area contributed by atoms with Gasteiger partial charge in [0.05, 0.1) is 16.8 Å². The smallest absolute Gasteiger partial charge is 0.351 e. The number of nitrogens with zero attached hydrogens (tertiary/aromatic N) is 2. The molecular formula is C8H10IN3O4. The van der Waals surface area contributed by atoms with E-state index < -0.39 is 18.2 Å². The highest BCUT2D eigenvalue weighted by Gasteiger charge is 2.27. The third-order valence-electron chi connectivity index (χ3n) is 2.13. The quantitative estimate of drug-likeness (QED) is 0.691. The van der Waals surface area contributed by atoms with Gasteiger partial charge >= 0.3 is 5.69 Å². The summed E-state index contributed by atoms with van der Waals surface area (Å²) in [6.07, 6.45) is 0.303. The fourth-order valence-electron chi connectivity index (χ4n) is 1.35. The number of hydrogen-bond donors (Lipinski definition) is 2. The van der Waals surface area contributed by atoms with Crippen molar-refractivity contribution in [2.75, 3.05) is 18.9 Å². The van der Waals surface area contributed by atoms with Gasteiger partial charge in [-0.2, -0.15) is 4.98 Å². The summed E-state index contributed by atoms with van der Waals surface area (Å²) in [5.74, 6) is 0.194. The van der Waals surface area contributed by atoms with Gasteiger partial charge in [0.2, 0.25) is 0 Å². The first-order valence-electron chi connectivity index (χ1n) is 4.54. The summed E-state index contributed by atoms with van der Waals surface area (Å²) in [5, 5.41) is 8.82. The van der Waals surface area contributed by atoms with E-state index in [9.17, 15) is 4.79 Å². The summed E-state index contributed by atoms with van der Waals surface area (Å²) in [5.41, 5.74) is 5.00. The number of anilines is 1. The molecule has 0 saturated carbocycles. The van der Waals surface area contributed by atoms with Crippen molar-refractivity contribution >= 4 is 28.4 Å². The van der Waals surface area contributed by atoms with Crippen LogP contribution in [0.3, 0.4) is 0 Å². The van der Waals surface area contributed by atoms with Crippen molar-refractivity contribution < 1.29 is 14.6 Å². The maximum absolute atomic E-state index is 11.5. The topological polar surface area (TPSA) is 99.6 Å². The summed E-state index contributed by atoms with van der Waals surface area (Å²) in [6, 6.07) is 0. The maximum Gasteiger partial charge on any atom is 0.351 e. The Morgan fingerprint density at radius 1 is 1.75 bits per heavy atom. The molecule has 0 radical (unpaired) electrons. The van der Waals surface area contributed by atoms with Crippen LogP contribution in [0, 0.1) is 3.57 Å². The number of nitrogen functional groups attached to an aromatic ring is 1. The molecule has 0 spiro atoms. The van der Waals surface area contributed by atoms with E-state index in [-0.39, 0.29) is 19.0 Å². The Hall–Kier alpha value is -0.710. The fourth-order valence-corrected chi connectivity index (χ4v) is 1.77. The van der Waals surface area contributed by atoms with Crippen LogP contribution < -0.4 is 11.4 Å². The highest BCUT2D eigenvalue weighted by atomic mass is 127. The average Bonchev–Trinajstić information content (AvgIpc) is 2.71. The lowest BCUT2D eigenvalue weighted by molar-refractivity contribution is -0.0992. The number of aliphatic hydroxyl groups excluding tert-OH is 1. The van der Waals surface area contributed by atoms with E-state index in [1.54, 1.807) is 6.20 Å². The van der Waals surface area contributed by atoms with Gasteiger partial charge in [-0.3, -0.25) is 4.57 Å². The van der Waals surface area contributed by atoms with Crippen molar-refractivity contribution in [3.63, 3.8) is 0 Å². The molecule has 0 aromatic carbocycles. The lowest BCUT2D eigenvalue weighted by Crippen LogP contribution is -2.29. The van der Waals surface area contributed by atoms with E-state index in [4.69, 9.17) is 20.3 Å². The molecule has 0 amide bonds. The minimum atomic E-state index is -0.688. The number of hydrogen-bond acceptors (Lipinski definition) is 6. The van der Waals surface area contributed by atoms with Gasteiger partial charge in [-0.15, -0.1) is 0 Å². The molecule has 0 aliphatic carbocycles. The van der Waals surface area contributed by atoms with Crippen molar-refractivity contribution in [1.82, 2.24) is 9.55 Å². The SMILES string of the molecule is Nc1nc(=O)n([C@H]2CO[C@H](CO)O2)cc1I. The van der Waals surface area contributed by atoms with Crippen molar-refractivity contribution in [2.45, 2.75) is 12.5 Å². The van der Waals surface area contributed by atoms with E-state index in [1.165, 1.54) is 4.57 Å². The molecule has 1 saturated heterocycles. The van der Waals surface area contributed by atoms with Gasteiger partial charge in [-0.05, 0) is 22.6 Å². The minimum Gasteiger partial charge on any atom is -0.391 e. The Balaban J connectivity index is 2.28. The first kappa shape index (κ1) is 11.8. The highest BCUT2D eigenvalue weighted by molar-refractivity contribution is 14.1. The van der Waals surface area contributed by atoms with Crippen LogP contribution in [-0.4, -0.2) is 34.2 Å². The van der Waals surface area contributed by atoms with Gasteiger partial charge in [0.1, 0.15) is 5.82 Å². The molecule has 1 aliphatic rings. The molecule has 8 heteroatoms. The molecule has 1 fully saturated rings. The molecule has 88 valence electrons. The van der Waals surface area contributed by atoms with Gasteiger partial charge in [0.25, 0.3) is 0 Å². The molecule has 0 bridgehead atoms. The van der Waals surface area contributed by atoms with Crippen LogP contribution in [0.2, 0.25) is 0 Å². The third kappa shape index (κ3) is 2.19. The average molecular weight is 339 g/mol. The lowest BCUT2D eigenvalue weighted by atomic mass is 10.5. The number of ether oxygens (including phenoxy) is 2. The van der Waals surface area contributed by atoms with Crippen LogP contribution >= 0.6 is 22.6 Å². The first-order valence-corrected chi connectivity index (χ1v) is 5.61. The standard InChI is InChI=1S/C8H10IN3O4/c9-4-1-12(8(14)11-7(4)10)5-3-15-6(2-13)16-5/h1,5-6,13H,2-3H2,(H2,10,11,14)/t5-,6+/m1/s1. The minimum absolute atomic E-state index is 0.194. The lowest BCUT2D eigenvalue weighted by Gasteiger charge is -2.12. The largest absolute Gasteiger partial charge is 0.391 e. The van der Waals surface area contributed by atoms with Gasteiger partial charge in [0.15, 0.2) is 12.5 Å². The van der Waals surface area contributed by atoms with E-state index in [2.05, 4.69) is 4.98 Å². The highest BCUT2D eigenvalue weighted by Crippen LogP contribution is 2.20. The molecule has 1 aromatic rings. The molecule has 3 N–H and O–H groups in total. The first-order chi connectivity index (χ1) is 7.61. The Bertz CT molecular complexity index is 449. The van der Waals surface area contributed by atoms with Crippen LogP contribution in [0.1, 0.15) is 6.23 Å². The zero-order chi connectivity index (χ0) is 11.7. The van der Waals surface area contributed by atoms with Crippen molar-refractivity contribution in [1.29, 1.82) is 0 Å². The zero-order valence-electron chi connectivity index (χ0n) is 8.17. The van der Waals surface area contributed by atoms with Crippen molar-refractivity contribution in [2.24, 2.45) is 0 Å². The molecule has 1 aliphatic heterocycles. The van der Waals surface area contributed by atoms with Gasteiger partial charge in [-0.1, -0.05) is 0 Å². The summed E-state index contributed by atoms with van der Waals surface area (Å²) >= 11 is 1.97. The summed E-state index contributed by atoms with van der Waals surface area (Å²) in [4.78, 5) is 15.2. The number of aromatic nitrogens is 2. The number of halogens is 1. The molecule has 0 unspecified atom stereocenters. The van der Waals surface area contributed by atoms with E-state index >= 15 is 0 Å². The zero-order valence-corrected chi connectivity index (χ0v) is 10.3. The third-order valence-corrected chi connectivity index (χ3v) is 2.96. The molecule has 16 heavy (non-hydrogen) atoms. The fraction of sp³-hybridized carbons (Fsp3) is 0.500. The van der Waals surface area contributed by atoms with Crippen LogP contribution in [0.15, 0.2) is 11.0 Å². The van der Waals surface area contributed by atoms with Crippen molar-refractivity contribution in [3.8, 4) is 0 Å². The molecular weight excluding hydrogens is 329 g/mol. The van der Waals surface area contributed by atoms with Crippen molar-refractivity contribution in [3.05, 3.63) is 20.3 Å². The molecule has 7 nitrogen and oxygen atoms in total. The second-order valence-corrected chi connectivity index (χ2v) is 4.36. The summed E-state index contributed by atoms with van der Waals surface area (Å²) < 4.78 is 12.3. The molecule has 1 aromatic heterocycles. The molecule has 2 rings (SSSR count). The Labute approximate surface area is 104 Å². The Kier molecular flexibility index (Phi) is 3.42. The van der Waals surface area contributed by atoms with Gasteiger partial charge in [-0.25, -0.2) is 4.79 Å². The van der Waals surface area contributed by atoms with Crippen LogP contribution in [0.25, 0.3) is 0 Å². The van der Waals surface area contributed by atoms with Gasteiger partial charge in [0, 0.05) is 6.20 Å².